The van der Waals surface area contributed by atoms with Gasteiger partial charge in [-0.1, -0.05) is 30.0 Å². The fourth-order valence-corrected chi connectivity index (χ4v) is 4.35. The van der Waals surface area contributed by atoms with E-state index < -0.39 is 0 Å². The number of hydrogen-bond donors (Lipinski definition) is 0. The number of carbonyl (C=O) groups is 1. The van der Waals surface area contributed by atoms with Gasteiger partial charge in [0, 0.05) is 28.9 Å². The zero-order valence-corrected chi connectivity index (χ0v) is 15.7. The van der Waals surface area contributed by atoms with Crippen molar-refractivity contribution in [2.24, 2.45) is 0 Å². The molecule has 2 aliphatic heterocycles. The molecule has 1 amide bonds. The highest BCUT2D eigenvalue weighted by molar-refractivity contribution is 8.00. The standard InChI is InChI=1S/C19H17ClN2O3S/c1-2-24-19(23)22-10-9-21-15-11-14(7-8-17(15)26-18(21)22)25-16-6-4-3-5-13(16)12-20/h3-11,18H,2,12H2,1H3. The first-order valence-corrected chi connectivity index (χ1v) is 9.67. The molecule has 134 valence electrons. The van der Waals surface area contributed by atoms with Gasteiger partial charge in [-0.2, -0.15) is 0 Å². The third-order valence-electron chi connectivity index (χ3n) is 4.13. The molecule has 1 atom stereocenters. The summed E-state index contributed by atoms with van der Waals surface area (Å²) in [6.45, 7) is 2.15. The lowest BCUT2D eigenvalue weighted by Crippen LogP contribution is -2.37. The molecule has 2 aromatic rings. The minimum absolute atomic E-state index is 0.158. The highest BCUT2D eigenvalue weighted by Gasteiger charge is 2.39. The summed E-state index contributed by atoms with van der Waals surface area (Å²) in [6, 6.07) is 13.6. The second-order valence-electron chi connectivity index (χ2n) is 5.73. The van der Waals surface area contributed by atoms with Gasteiger partial charge in [0.15, 0.2) is 5.50 Å². The van der Waals surface area contributed by atoms with Crippen LogP contribution in [-0.2, 0) is 10.6 Å². The highest BCUT2D eigenvalue weighted by Crippen LogP contribution is 2.49. The molecule has 2 heterocycles. The molecule has 0 aromatic heterocycles. The van der Waals surface area contributed by atoms with Gasteiger partial charge >= 0.3 is 6.09 Å². The summed E-state index contributed by atoms with van der Waals surface area (Å²) in [6.07, 6.45) is 3.29. The summed E-state index contributed by atoms with van der Waals surface area (Å²) in [5.74, 6) is 1.86. The molecule has 4 rings (SSSR count). The van der Waals surface area contributed by atoms with E-state index in [0.717, 1.165) is 27.6 Å². The molecule has 0 spiro atoms. The number of hydrogen-bond acceptors (Lipinski definition) is 5. The first-order valence-electron chi connectivity index (χ1n) is 8.25. The molecule has 0 saturated heterocycles. The van der Waals surface area contributed by atoms with E-state index in [1.807, 2.05) is 53.6 Å². The van der Waals surface area contributed by atoms with Crippen molar-refractivity contribution >= 4 is 35.1 Å². The zero-order valence-electron chi connectivity index (χ0n) is 14.1. The summed E-state index contributed by atoms with van der Waals surface area (Å²) < 4.78 is 11.2. The van der Waals surface area contributed by atoms with Gasteiger partial charge in [0.1, 0.15) is 11.5 Å². The summed E-state index contributed by atoms with van der Waals surface area (Å²) in [5, 5.41) is 0. The van der Waals surface area contributed by atoms with Crippen LogP contribution in [0.2, 0.25) is 0 Å². The molecule has 0 N–H and O–H groups in total. The van der Waals surface area contributed by atoms with Crippen molar-refractivity contribution in [1.82, 2.24) is 4.90 Å². The molecule has 1 unspecified atom stereocenters. The SMILES string of the molecule is CCOC(=O)N1C=CN2c3cc(Oc4ccccc4CCl)ccc3SC12. The minimum atomic E-state index is -0.343. The number of nitrogens with zero attached hydrogens (tertiary/aromatic N) is 2. The van der Waals surface area contributed by atoms with E-state index in [-0.39, 0.29) is 11.6 Å². The van der Waals surface area contributed by atoms with Crippen LogP contribution in [0.4, 0.5) is 10.5 Å². The van der Waals surface area contributed by atoms with Crippen LogP contribution >= 0.6 is 23.4 Å². The van der Waals surface area contributed by atoms with Crippen LogP contribution in [-0.4, -0.2) is 23.1 Å². The Bertz CT molecular complexity index is 874. The van der Waals surface area contributed by atoms with E-state index in [2.05, 4.69) is 0 Å². The van der Waals surface area contributed by atoms with Crippen LogP contribution in [0, 0.1) is 0 Å². The predicted octanol–water partition coefficient (Wildman–Crippen LogP) is 5.36. The Labute approximate surface area is 161 Å². The number of carbonyl (C=O) groups excluding carboxylic acids is 1. The number of anilines is 1. The van der Waals surface area contributed by atoms with Crippen LogP contribution in [0.1, 0.15) is 12.5 Å². The van der Waals surface area contributed by atoms with E-state index in [1.165, 1.54) is 0 Å². The number of alkyl halides is 1. The maximum Gasteiger partial charge on any atom is 0.416 e. The van der Waals surface area contributed by atoms with Gasteiger partial charge in [-0.25, -0.2) is 4.79 Å². The second kappa shape index (κ2) is 7.13. The van der Waals surface area contributed by atoms with Gasteiger partial charge in [-0.3, -0.25) is 4.90 Å². The van der Waals surface area contributed by atoms with Gasteiger partial charge in [0.05, 0.1) is 18.2 Å². The van der Waals surface area contributed by atoms with Crippen molar-refractivity contribution in [3.63, 3.8) is 0 Å². The monoisotopic (exact) mass is 388 g/mol. The molecule has 26 heavy (non-hydrogen) atoms. The summed E-state index contributed by atoms with van der Waals surface area (Å²) in [7, 11) is 0. The van der Waals surface area contributed by atoms with Crippen LogP contribution in [0.25, 0.3) is 0 Å². The van der Waals surface area contributed by atoms with Crippen molar-refractivity contribution in [2.45, 2.75) is 23.2 Å². The van der Waals surface area contributed by atoms with Crippen molar-refractivity contribution < 1.29 is 14.3 Å². The zero-order chi connectivity index (χ0) is 18.1. The Hall–Kier alpha value is -2.31. The largest absolute Gasteiger partial charge is 0.457 e. The lowest BCUT2D eigenvalue weighted by atomic mass is 10.2. The maximum absolute atomic E-state index is 12.1. The molecule has 5 nitrogen and oxygen atoms in total. The number of thioether (sulfide) groups is 1. The Morgan fingerprint density at radius 1 is 1.23 bits per heavy atom. The normalized spacial score (nSPS) is 17.2. The molecule has 0 fully saturated rings. The fourth-order valence-electron chi connectivity index (χ4n) is 2.90. The first kappa shape index (κ1) is 17.1. The van der Waals surface area contributed by atoms with E-state index in [4.69, 9.17) is 21.1 Å². The quantitative estimate of drug-likeness (QED) is 0.660. The summed E-state index contributed by atoms with van der Waals surface area (Å²) in [4.78, 5) is 16.8. The predicted molar refractivity (Wildman–Crippen MR) is 103 cm³/mol. The van der Waals surface area contributed by atoms with E-state index in [1.54, 1.807) is 29.8 Å². The average Bonchev–Trinajstić information content (AvgIpc) is 3.21. The van der Waals surface area contributed by atoms with Gasteiger partial charge in [0.25, 0.3) is 0 Å². The minimum Gasteiger partial charge on any atom is -0.457 e. The van der Waals surface area contributed by atoms with Crippen LogP contribution in [0.3, 0.4) is 0 Å². The van der Waals surface area contributed by atoms with Crippen LogP contribution in [0.5, 0.6) is 11.5 Å². The van der Waals surface area contributed by atoms with Crippen molar-refractivity contribution in [1.29, 1.82) is 0 Å². The number of fused-ring (bicyclic) bond motifs is 3. The Morgan fingerprint density at radius 3 is 2.88 bits per heavy atom. The second-order valence-corrected chi connectivity index (χ2v) is 7.09. The third-order valence-corrected chi connectivity index (χ3v) is 5.68. The molecule has 2 aliphatic rings. The van der Waals surface area contributed by atoms with Gasteiger partial charge in [-0.05, 0) is 25.1 Å². The lowest BCUT2D eigenvalue weighted by molar-refractivity contribution is 0.122. The van der Waals surface area contributed by atoms with Crippen LogP contribution < -0.4 is 9.64 Å². The lowest BCUT2D eigenvalue weighted by Gasteiger charge is -2.23. The van der Waals surface area contributed by atoms with E-state index >= 15 is 0 Å². The van der Waals surface area contributed by atoms with Crippen molar-refractivity contribution in [3.05, 3.63) is 60.4 Å². The van der Waals surface area contributed by atoms with E-state index in [9.17, 15) is 4.79 Å². The molecule has 0 radical (unpaired) electrons. The fraction of sp³-hybridized carbons (Fsp3) is 0.211. The smallest absolute Gasteiger partial charge is 0.416 e. The number of rotatable bonds is 4. The molecule has 0 aliphatic carbocycles. The Balaban J connectivity index is 1.57. The third kappa shape index (κ3) is 2.99. The molecular formula is C19H17ClN2O3S. The van der Waals surface area contributed by atoms with Crippen LogP contribution in [0.15, 0.2) is 59.8 Å². The first-order chi connectivity index (χ1) is 12.7. The maximum atomic E-state index is 12.1. The average molecular weight is 389 g/mol. The Morgan fingerprint density at radius 2 is 2.08 bits per heavy atom. The topological polar surface area (TPSA) is 42.0 Å². The Kier molecular flexibility index (Phi) is 4.70. The number of para-hydroxylation sites is 1. The van der Waals surface area contributed by atoms with Gasteiger partial charge in [0.2, 0.25) is 0 Å². The highest BCUT2D eigenvalue weighted by atomic mass is 35.5. The number of ether oxygens (including phenoxy) is 2. The number of amides is 1. The van der Waals surface area contributed by atoms with E-state index in [0.29, 0.717) is 12.5 Å². The summed E-state index contributed by atoms with van der Waals surface area (Å²) >= 11 is 7.59. The number of benzene rings is 2. The van der Waals surface area contributed by atoms with Crippen molar-refractivity contribution in [2.75, 3.05) is 11.5 Å². The molecular weight excluding hydrogens is 372 g/mol. The van der Waals surface area contributed by atoms with Gasteiger partial charge < -0.3 is 14.4 Å². The molecule has 7 heteroatoms. The molecule has 2 aromatic carbocycles. The summed E-state index contributed by atoms with van der Waals surface area (Å²) in [5.41, 5.74) is 1.79. The number of halogens is 1. The molecule has 0 bridgehead atoms. The molecule has 0 saturated carbocycles. The van der Waals surface area contributed by atoms with Crippen molar-refractivity contribution in [3.8, 4) is 11.5 Å². The van der Waals surface area contributed by atoms with Gasteiger partial charge in [-0.15, -0.1) is 11.6 Å².